The first kappa shape index (κ1) is 11.0. The van der Waals surface area contributed by atoms with Gasteiger partial charge in [0.15, 0.2) is 0 Å². The molecule has 0 radical (unpaired) electrons. The number of hydrogen-bond acceptors (Lipinski definition) is 3. The molecule has 0 aliphatic heterocycles. The van der Waals surface area contributed by atoms with Crippen LogP contribution in [0.2, 0.25) is 0 Å². The van der Waals surface area contributed by atoms with Crippen molar-refractivity contribution < 1.29 is 4.79 Å². The molecule has 1 aromatic rings. The van der Waals surface area contributed by atoms with E-state index in [4.69, 9.17) is 5.73 Å². The third-order valence-electron chi connectivity index (χ3n) is 3.03. The lowest BCUT2D eigenvalue weighted by Crippen LogP contribution is -2.46. The quantitative estimate of drug-likeness (QED) is 0.790. The van der Waals surface area contributed by atoms with E-state index in [1.807, 2.05) is 0 Å². The van der Waals surface area contributed by atoms with Gasteiger partial charge in [-0.2, -0.15) is 5.10 Å². The molecule has 5 heteroatoms. The average Bonchev–Trinajstić information content (AvgIpc) is 2.92. The molecule has 3 N–H and O–H groups in total. The molecule has 16 heavy (non-hydrogen) atoms. The number of nitrogens with one attached hydrogen (secondary N) is 1. The van der Waals surface area contributed by atoms with E-state index in [2.05, 4.69) is 24.3 Å². The van der Waals surface area contributed by atoms with Gasteiger partial charge in [-0.05, 0) is 38.7 Å². The molecule has 88 valence electrons. The van der Waals surface area contributed by atoms with Gasteiger partial charge >= 0.3 is 0 Å². The highest BCUT2D eigenvalue weighted by atomic mass is 16.2. The van der Waals surface area contributed by atoms with Crippen molar-refractivity contribution in [3.05, 3.63) is 12.3 Å². The van der Waals surface area contributed by atoms with E-state index in [1.165, 1.54) is 12.8 Å². The second-order valence-corrected chi connectivity index (χ2v) is 4.98. The highest BCUT2D eigenvalue weighted by molar-refractivity contribution is 5.76. The Bertz CT molecular complexity index is 392. The van der Waals surface area contributed by atoms with Crippen LogP contribution in [0.25, 0.3) is 0 Å². The summed E-state index contributed by atoms with van der Waals surface area (Å²) in [7, 11) is 0. The van der Waals surface area contributed by atoms with E-state index in [1.54, 1.807) is 16.9 Å². The molecule has 1 aromatic heterocycles. The van der Waals surface area contributed by atoms with Crippen LogP contribution < -0.4 is 11.1 Å². The molecule has 0 aromatic carbocycles. The fourth-order valence-electron chi connectivity index (χ4n) is 1.92. The van der Waals surface area contributed by atoms with Crippen LogP contribution in [0.15, 0.2) is 12.3 Å². The molecule has 1 heterocycles. The molecule has 1 saturated carbocycles. The van der Waals surface area contributed by atoms with Crippen molar-refractivity contribution in [1.29, 1.82) is 0 Å². The van der Waals surface area contributed by atoms with Gasteiger partial charge in [-0.1, -0.05) is 0 Å². The summed E-state index contributed by atoms with van der Waals surface area (Å²) in [5, 5.41) is 7.01. The van der Waals surface area contributed by atoms with Crippen molar-refractivity contribution in [3.8, 4) is 0 Å². The van der Waals surface area contributed by atoms with Crippen LogP contribution in [0.5, 0.6) is 0 Å². The van der Waals surface area contributed by atoms with E-state index >= 15 is 0 Å². The maximum atomic E-state index is 11.8. The lowest BCUT2D eigenvalue weighted by Gasteiger charge is -2.26. The van der Waals surface area contributed by atoms with E-state index in [9.17, 15) is 4.79 Å². The first-order chi connectivity index (χ1) is 7.47. The Hall–Kier alpha value is -1.52. The summed E-state index contributed by atoms with van der Waals surface area (Å²) >= 11 is 0. The van der Waals surface area contributed by atoms with Gasteiger partial charge < -0.3 is 11.1 Å². The van der Waals surface area contributed by atoms with E-state index in [-0.39, 0.29) is 18.0 Å². The molecule has 0 unspecified atom stereocenters. The third kappa shape index (κ3) is 2.53. The summed E-state index contributed by atoms with van der Waals surface area (Å²) in [6.45, 7) is 4.37. The van der Waals surface area contributed by atoms with Crippen molar-refractivity contribution >= 4 is 11.7 Å². The van der Waals surface area contributed by atoms with Crippen molar-refractivity contribution in [3.63, 3.8) is 0 Å². The van der Waals surface area contributed by atoms with Crippen molar-refractivity contribution in [1.82, 2.24) is 15.1 Å². The molecule has 2 rings (SSSR count). The van der Waals surface area contributed by atoms with Gasteiger partial charge in [0.25, 0.3) is 0 Å². The van der Waals surface area contributed by atoms with Gasteiger partial charge in [-0.25, -0.2) is 0 Å². The number of nitrogen functional groups attached to an aromatic ring is 1. The lowest BCUT2D eigenvalue weighted by atomic mass is 9.99. The molecular weight excluding hydrogens is 204 g/mol. The van der Waals surface area contributed by atoms with Gasteiger partial charge in [-0.15, -0.1) is 0 Å². The number of nitrogens with two attached hydrogens (primary N) is 1. The zero-order valence-corrected chi connectivity index (χ0v) is 9.73. The van der Waals surface area contributed by atoms with Crippen LogP contribution in [-0.4, -0.2) is 21.2 Å². The number of carbonyl (C=O) groups excluding carboxylic acids is 1. The number of anilines is 1. The number of hydrogen-bond donors (Lipinski definition) is 2. The molecule has 1 amide bonds. The lowest BCUT2D eigenvalue weighted by molar-refractivity contribution is -0.123. The van der Waals surface area contributed by atoms with Gasteiger partial charge in [0.1, 0.15) is 12.4 Å². The summed E-state index contributed by atoms with van der Waals surface area (Å²) in [6.07, 6.45) is 4.13. The first-order valence-electron chi connectivity index (χ1n) is 5.57. The van der Waals surface area contributed by atoms with Crippen molar-refractivity contribution in [2.24, 2.45) is 5.92 Å². The number of nitrogens with zero attached hydrogens (tertiary/aromatic N) is 2. The number of aromatic nitrogens is 2. The normalized spacial score (nSPS) is 16.1. The minimum atomic E-state index is -0.101. The standard InChI is InChI=1S/C11H18N4O/c1-11(2,8-3-4-8)13-10(16)7-15-6-5-9(12)14-15/h5-6,8H,3-4,7H2,1-2H3,(H2,12,14)(H,13,16). The largest absolute Gasteiger partial charge is 0.382 e. The summed E-state index contributed by atoms with van der Waals surface area (Å²) in [5.41, 5.74) is 5.37. The minimum absolute atomic E-state index is 0.0139. The second-order valence-electron chi connectivity index (χ2n) is 4.98. The van der Waals surface area contributed by atoms with Crippen LogP contribution in [0.3, 0.4) is 0 Å². The number of rotatable bonds is 4. The van der Waals surface area contributed by atoms with Gasteiger partial charge in [0.05, 0.1) is 0 Å². The minimum Gasteiger partial charge on any atom is -0.382 e. The molecular formula is C11H18N4O. The Morgan fingerprint density at radius 3 is 2.88 bits per heavy atom. The van der Waals surface area contributed by atoms with Gasteiger partial charge in [0, 0.05) is 11.7 Å². The molecule has 0 atom stereocenters. The predicted molar refractivity (Wildman–Crippen MR) is 61.6 cm³/mol. The van der Waals surface area contributed by atoms with Crippen LogP contribution in [0.1, 0.15) is 26.7 Å². The van der Waals surface area contributed by atoms with Crippen molar-refractivity contribution in [2.45, 2.75) is 38.8 Å². The summed E-state index contributed by atoms with van der Waals surface area (Å²) in [4.78, 5) is 11.8. The zero-order valence-electron chi connectivity index (χ0n) is 9.73. The Morgan fingerprint density at radius 1 is 1.69 bits per heavy atom. The van der Waals surface area contributed by atoms with Gasteiger partial charge in [0.2, 0.25) is 5.91 Å². The van der Waals surface area contributed by atoms with Crippen LogP contribution in [0.4, 0.5) is 5.82 Å². The van der Waals surface area contributed by atoms with E-state index in [0.29, 0.717) is 11.7 Å². The maximum absolute atomic E-state index is 11.8. The molecule has 1 aliphatic rings. The van der Waals surface area contributed by atoms with E-state index < -0.39 is 0 Å². The SMILES string of the molecule is CC(C)(NC(=O)Cn1ccc(N)n1)C1CC1. The summed E-state index contributed by atoms with van der Waals surface area (Å²) < 4.78 is 1.55. The Labute approximate surface area is 95.0 Å². The fourth-order valence-corrected chi connectivity index (χ4v) is 1.92. The smallest absolute Gasteiger partial charge is 0.242 e. The molecule has 0 bridgehead atoms. The molecule has 1 fully saturated rings. The van der Waals surface area contributed by atoms with E-state index in [0.717, 1.165) is 0 Å². The summed E-state index contributed by atoms with van der Waals surface area (Å²) in [6, 6.07) is 1.68. The molecule has 1 aliphatic carbocycles. The molecule has 0 spiro atoms. The number of amides is 1. The molecule has 0 saturated heterocycles. The Morgan fingerprint density at radius 2 is 2.38 bits per heavy atom. The van der Waals surface area contributed by atoms with Gasteiger partial charge in [-0.3, -0.25) is 9.48 Å². The maximum Gasteiger partial charge on any atom is 0.242 e. The molecule has 5 nitrogen and oxygen atoms in total. The third-order valence-corrected chi connectivity index (χ3v) is 3.03. The summed E-state index contributed by atoms with van der Waals surface area (Å²) in [5.74, 6) is 1.05. The topological polar surface area (TPSA) is 72.9 Å². The average molecular weight is 222 g/mol. The monoisotopic (exact) mass is 222 g/mol. The van der Waals surface area contributed by atoms with Crippen LogP contribution in [0, 0.1) is 5.92 Å². The highest BCUT2D eigenvalue weighted by Crippen LogP contribution is 2.39. The Balaban J connectivity index is 1.88. The van der Waals surface area contributed by atoms with Crippen LogP contribution >= 0.6 is 0 Å². The highest BCUT2D eigenvalue weighted by Gasteiger charge is 2.38. The number of carbonyl (C=O) groups is 1. The Kier molecular flexibility index (Phi) is 2.61. The fraction of sp³-hybridized carbons (Fsp3) is 0.636. The predicted octanol–water partition coefficient (Wildman–Crippen LogP) is 0.770. The van der Waals surface area contributed by atoms with Crippen molar-refractivity contribution in [2.75, 3.05) is 5.73 Å². The van der Waals surface area contributed by atoms with Crippen LogP contribution in [-0.2, 0) is 11.3 Å². The second kappa shape index (κ2) is 3.81. The first-order valence-corrected chi connectivity index (χ1v) is 5.57. The zero-order chi connectivity index (χ0) is 11.8.